The number of ether oxygens (including phenoxy) is 1. The van der Waals surface area contributed by atoms with Gasteiger partial charge in [-0.05, 0) is 35.9 Å². The van der Waals surface area contributed by atoms with Crippen molar-refractivity contribution in [1.82, 2.24) is 4.57 Å². The third kappa shape index (κ3) is 2.89. The highest BCUT2D eigenvalue weighted by molar-refractivity contribution is 6.30. The number of benzene rings is 2. The summed E-state index contributed by atoms with van der Waals surface area (Å²) in [5.74, 6) is 0.773. The lowest BCUT2D eigenvalue weighted by atomic mass is 10.1. The van der Waals surface area contributed by atoms with E-state index in [-0.39, 0.29) is 0 Å². The largest absolute Gasteiger partial charge is 0.489 e. The number of hydrogen-bond donors (Lipinski definition) is 1. The maximum Gasteiger partial charge on any atom is 0.121 e. The van der Waals surface area contributed by atoms with Crippen molar-refractivity contribution in [2.75, 3.05) is 0 Å². The fraction of sp³-hybridized carbons (Fsp3) is 0.176. The topological polar surface area (TPSA) is 40.2 Å². The van der Waals surface area contributed by atoms with E-state index >= 15 is 0 Å². The van der Waals surface area contributed by atoms with Crippen LogP contribution in [-0.4, -0.2) is 4.57 Å². The predicted octanol–water partition coefficient (Wildman–Crippen LogP) is 3.87. The van der Waals surface area contributed by atoms with Crippen molar-refractivity contribution < 1.29 is 4.74 Å². The van der Waals surface area contributed by atoms with E-state index in [4.69, 9.17) is 22.1 Å². The summed E-state index contributed by atoms with van der Waals surface area (Å²) in [6.45, 7) is 1.05. The molecular formula is C17H17ClN2O. The van der Waals surface area contributed by atoms with Gasteiger partial charge in [-0.2, -0.15) is 0 Å². The minimum atomic E-state index is 0.506. The number of hydrogen-bond acceptors (Lipinski definition) is 2. The van der Waals surface area contributed by atoms with Crippen LogP contribution in [0.2, 0.25) is 5.02 Å². The lowest BCUT2D eigenvalue weighted by Gasteiger charge is -2.06. The number of rotatable bonds is 4. The molecule has 3 rings (SSSR count). The minimum absolute atomic E-state index is 0.506. The summed E-state index contributed by atoms with van der Waals surface area (Å²) < 4.78 is 7.94. The fourth-order valence-electron chi connectivity index (χ4n) is 2.48. The number of aryl methyl sites for hydroxylation is 1. The van der Waals surface area contributed by atoms with Crippen molar-refractivity contribution >= 4 is 22.5 Å². The first-order chi connectivity index (χ1) is 10.2. The standard InChI is InChI=1S/C17H17ClN2O/c1-20-10-13(11-21-15-4-2-3-14(18)8-15)16-7-12(9-19)5-6-17(16)20/h2-8,10H,9,11,19H2,1H3. The highest BCUT2D eigenvalue weighted by Crippen LogP contribution is 2.24. The summed E-state index contributed by atoms with van der Waals surface area (Å²) in [4.78, 5) is 0. The summed E-state index contributed by atoms with van der Waals surface area (Å²) in [5, 5.41) is 1.86. The van der Waals surface area contributed by atoms with Gasteiger partial charge < -0.3 is 15.0 Å². The molecule has 0 radical (unpaired) electrons. The minimum Gasteiger partial charge on any atom is -0.489 e. The number of nitrogens with zero attached hydrogens (tertiary/aromatic N) is 1. The zero-order valence-corrected chi connectivity index (χ0v) is 12.6. The molecule has 2 N–H and O–H groups in total. The Hall–Kier alpha value is -1.97. The fourth-order valence-corrected chi connectivity index (χ4v) is 2.66. The quantitative estimate of drug-likeness (QED) is 0.794. The van der Waals surface area contributed by atoms with Gasteiger partial charge in [-0.1, -0.05) is 23.7 Å². The first-order valence-corrected chi connectivity index (χ1v) is 7.20. The van der Waals surface area contributed by atoms with Gasteiger partial charge in [0.25, 0.3) is 0 Å². The van der Waals surface area contributed by atoms with Crippen LogP contribution in [0.5, 0.6) is 5.75 Å². The molecule has 0 aliphatic heterocycles. The molecule has 2 aromatic carbocycles. The monoisotopic (exact) mass is 300 g/mol. The molecule has 3 nitrogen and oxygen atoms in total. The molecule has 0 aliphatic carbocycles. The summed E-state index contributed by atoms with van der Waals surface area (Å²) in [6.07, 6.45) is 2.09. The van der Waals surface area contributed by atoms with Crippen LogP contribution in [0.15, 0.2) is 48.7 Å². The molecule has 3 aromatic rings. The molecule has 0 amide bonds. The van der Waals surface area contributed by atoms with E-state index in [0.29, 0.717) is 18.2 Å². The van der Waals surface area contributed by atoms with Gasteiger partial charge in [-0.3, -0.25) is 0 Å². The number of nitrogens with two attached hydrogens (primary N) is 1. The highest BCUT2D eigenvalue weighted by Gasteiger charge is 2.08. The van der Waals surface area contributed by atoms with E-state index in [1.54, 1.807) is 0 Å². The summed E-state index contributed by atoms with van der Waals surface area (Å²) in [5.41, 5.74) is 9.17. The van der Waals surface area contributed by atoms with Gasteiger partial charge in [0.1, 0.15) is 12.4 Å². The summed E-state index contributed by atoms with van der Waals surface area (Å²) in [7, 11) is 2.04. The molecule has 0 aliphatic rings. The number of halogens is 1. The second-order valence-corrected chi connectivity index (χ2v) is 5.50. The molecule has 1 heterocycles. The Morgan fingerprint density at radius 2 is 2.05 bits per heavy atom. The molecule has 0 saturated heterocycles. The first-order valence-electron chi connectivity index (χ1n) is 6.82. The van der Waals surface area contributed by atoms with Gasteiger partial charge in [0.15, 0.2) is 0 Å². The van der Waals surface area contributed by atoms with Gasteiger partial charge in [-0.25, -0.2) is 0 Å². The molecule has 0 fully saturated rings. The van der Waals surface area contributed by atoms with E-state index in [1.165, 1.54) is 10.9 Å². The molecule has 0 saturated carbocycles. The smallest absolute Gasteiger partial charge is 0.121 e. The maximum atomic E-state index is 5.97. The Bertz CT molecular complexity index is 780. The van der Waals surface area contributed by atoms with Crippen LogP contribution in [0.4, 0.5) is 0 Å². The van der Waals surface area contributed by atoms with Crippen LogP contribution in [-0.2, 0) is 20.2 Å². The van der Waals surface area contributed by atoms with Crippen molar-refractivity contribution in [3.63, 3.8) is 0 Å². The normalized spacial score (nSPS) is 11.0. The Labute approximate surface area is 128 Å². The third-order valence-corrected chi connectivity index (χ3v) is 3.80. The van der Waals surface area contributed by atoms with E-state index < -0.39 is 0 Å². The van der Waals surface area contributed by atoms with E-state index in [0.717, 1.165) is 16.9 Å². The Kier molecular flexibility index (Phi) is 3.86. The van der Waals surface area contributed by atoms with Gasteiger partial charge in [-0.15, -0.1) is 0 Å². The number of aromatic nitrogens is 1. The molecule has 108 valence electrons. The van der Waals surface area contributed by atoms with Gasteiger partial charge in [0.2, 0.25) is 0 Å². The Morgan fingerprint density at radius 1 is 1.19 bits per heavy atom. The van der Waals surface area contributed by atoms with Crippen LogP contribution in [0.1, 0.15) is 11.1 Å². The van der Waals surface area contributed by atoms with Crippen molar-refractivity contribution in [2.45, 2.75) is 13.2 Å². The van der Waals surface area contributed by atoms with Crippen LogP contribution in [0.25, 0.3) is 10.9 Å². The maximum absolute atomic E-state index is 5.97. The van der Waals surface area contributed by atoms with Gasteiger partial charge >= 0.3 is 0 Å². The second kappa shape index (κ2) is 5.80. The number of fused-ring (bicyclic) bond motifs is 1. The second-order valence-electron chi connectivity index (χ2n) is 5.07. The molecule has 21 heavy (non-hydrogen) atoms. The predicted molar refractivity (Wildman–Crippen MR) is 86.6 cm³/mol. The highest BCUT2D eigenvalue weighted by atomic mass is 35.5. The van der Waals surface area contributed by atoms with Crippen LogP contribution >= 0.6 is 11.6 Å². The average molecular weight is 301 g/mol. The Morgan fingerprint density at radius 3 is 2.81 bits per heavy atom. The molecule has 0 unspecified atom stereocenters. The Balaban J connectivity index is 1.89. The van der Waals surface area contributed by atoms with Crippen molar-refractivity contribution in [1.29, 1.82) is 0 Å². The molecular weight excluding hydrogens is 284 g/mol. The van der Waals surface area contributed by atoms with Crippen molar-refractivity contribution in [3.05, 3.63) is 64.8 Å². The van der Waals surface area contributed by atoms with Crippen LogP contribution in [0, 0.1) is 0 Å². The SMILES string of the molecule is Cn1cc(COc2cccc(Cl)c2)c2cc(CN)ccc21. The molecule has 0 atom stereocenters. The summed E-state index contributed by atoms with van der Waals surface area (Å²) in [6, 6.07) is 13.7. The van der Waals surface area contributed by atoms with Crippen LogP contribution < -0.4 is 10.5 Å². The molecule has 0 bridgehead atoms. The lowest BCUT2D eigenvalue weighted by Crippen LogP contribution is -1.97. The van der Waals surface area contributed by atoms with E-state index in [1.807, 2.05) is 31.3 Å². The molecule has 1 aromatic heterocycles. The lowest BCUT2D eigenvalue weighted by molar-refractivity contribution is 0.307. The summed E-state index contributed by atoms with van der Waals surface area (Å²) >= 11 is 5.97. The van der Waals surface area contributed by atoms with Crippen molar-refractivity contribution in [3.8, 4) is 5.75 Å². The van der Waals surface area contributed by atoms with Gasteiger partial charge in [0, 0.05) is 41.3 Å². The van der Waals surface area contributed by atoms with E-state index in [2.05, 4.69) is 29.0 Å². The molecule has 0 spiro atoms. The zero-order chi connectivity index (χ0) is 14.8. The zero-order valence-electron chi connectivity index (χ0n) is 11.8. The third-order valence-electron chi connectivity index (χ3n) is 3.56. The van der Waals surface area contributed by atoms with Gasteiger partial charge in [0.05, 0.1) is 0 Å². The average Bonchev–Trinajstić information content (AvgIpc) is 2.81. The van der Waals surface area contributed by atoms with Crippen LogP contribution in [0.3, 0.4) is 0 Å². The molecule has 4 heteroatoms. The van der Waals surface area contributed by atoms with E-state index in [9.17, 15) is 0 Å². The first kappa shape index (κ1) is 14.0. The van der Waals surface area contributed by atoms with Crippen molar-refractivity contribution in [2.24, 2.45) is 12.8 Å².